The minimum Gasteiger partial charge on any atom is -0.307 e. The van der Waals surface area contributed by atoms with Gasteiger partial charge in [-0.15, -0.1) is 0 Å². The smallest absolute Gasteiger partial charge is 0.307 e. The van der Waals surface area contributed by atoms with Crippen LogP contribution in [0.4, 0.5) is 13.2 Å². The van der Waals surface area contributed by atoms with Crippen molar-refractivity contribution >= 4 is 0 Å². The maximum absolute atomic E-state index is 12.6. The van der Waals surface area contributed by atoms with E-state index in [1.54, 1.807) is 0 Å². The lowest BCUT2D eigenvalue weighted by atomic mass is 9.85. The molecule has 0 heterocycles. The summed E-state index contributed by atoms with van der Waals surface area (Å²) in [6, 6.07) is 8.63. The first-order chi connectivity index (χ1) is 9.36. The first-order valence-corrected chi connectivity index (χ1v) is 7.25. The topological polar surface area (TPSA) is 12.0 Å². The van der Waals surface area contributed by atoms with Crippen molar-refractivity contribution in [3.63, 3.8) is 0 Å². The third-order valence-electron chi connectivity index (χ3n) is 4.22. The third kappa shape index (κ3) is 3.98. The number of hydrogen-bond donors (Lipinski definition) is 1. The van der Waals surface area contributed by atoms with E-state index < -0.39 is 12.1 Å². The Hall–Kier alpha value is -1.03. The van der Waals surface area contributed by atoms with Crippen LogP contribution in [0.25, 0.3) is 0 Å². The zero-order valence-electron chi connectivity index (χ0n) is 12.0. The standard InChI is InChI=1S/C16H22F3N/c1-11-4-3-5-13(10-11)12(2)20-15-8-6-14(7-9-15)16(17,18)19/h3-5,10,12,14-15,20H,6-9H2,1-2H3/t12-,14?,15?/m0/s1. The number of nitrogens with one attached hydrogen (secondary N) is 1. The number of hydrogen-bond acceptors (Lipinski definition) is 1. The molecule has 20 heavy (non-hydrogen) atoms. The lowest BCUT2D eigenvalue weighted by Crippen LogP contribution is -2.38. The Morgan fingerprint density at radius 3 is 2.35 bits per heavy atom. The minimum atomic E-state index is -4.02. The summed E-state index contributed by atoms with van der Waals surface area (Å²) in [7, 11) is 0. The predicted octanol–water partition coefficient (Wildman–Crippen LogP) is 4.77. The van der Waals surface area contributed by atoms with Gasteiger partial charge >= 0.3 is 6.18 Å². The molecule has 1 aliphatic carbocycles. The van der Waals surface area contributed by atoms with E-state index in [0.29, 0.717) is 12.8 Å². The molecular weight excluding hydrogens is 263 g/mol. The molecule has 4 heteroatoms. The van der Waals surface area contributed by atoms with Crippen LogP contribution in [0.5, 0.6) is 0 Å². The zero-order chi connectivity index (χ0) is 14.8. The van der Waals surface area contributed by atoms with Gasteiger partial charge in [-0.05, 0) is 45.1 Å². The summed E-state index contributed by atoms with van der Waals surface area (Å²) < 4.78 is 37.9. The average Bonchev–Trinajstić information content (AvgIpc) is 2.38. The van der Waals surface area contributed by atoms with Gasteiger partial charge in [0.25, 0.3) is 0 Å². The molecule has 0 spiro atoms. The summed E-state index contributed by atoms with van der Waals surface area (Å²) in [5.41, 5.74) is 2.40. The fourth-order valence-electron chi connectivity index (χ4n) is 2.98. The monoisotopic (exact) mass is 285 g/mol. The molecule has 1 nitrogen and oxygen atoms in total. The van der Waals surface area contributed by atoms with Gasteiger partial charge in [0, 0.05) is 12.1 Å². The number of aryl methyl sites for hydroxylation is 1. The van der Waals surface area contributed by atoms with Crippen LogP contribution >= 0.6 is 0 Å². The minimum absolute atomic E-state index is 0.183. The van der Waals surface area contributed by atoms with Crippen molar-refractivity contribution in [3.8, 4) is 0 Å². The fraction of sp³-hybridized carbons (Fsp3) is 0.625. The largest absolute Gasteiger partial charge is 0.391 e. The van der Waals surface area contributed by atoms with E-state index in [4.69, 9.17) is 0 Å². The summed E-state index contributed by atoms with van der Waals surface area (Å²) in [6.07, 6.45) is -2.29. The fourth-order valence-corrected chi connectivity index (χ4v) is 2.98. The zero-order valence-corrected chi connectivity index (χ0v) is 12.0. The first kappa shape index (κ1) is 15.4. The average molecular weight is 285 g/mol. The maximum Gasteiger partial charge on any atom is 0.391 e. The van der Waals surface area contributed by atoms with Crippen LogP contribution in [-0.2, 0) is 0 Å². The van der Waals surface area contributed by atoms with Crippen molar-refractivity contribution < 1.29 is 13.2 Å². The molecule has 1 fully saturated rings. The lowest BCUT2D eigenvalue weighted by Gasteiger charge is -2.32. The van der Waals surface area contributed by atoms with Gasteiger partial charge in [-0.1, -0.05) is 29.8 Å². The lowest BCUT2D eigenvalue weighted by molar-refractivity contribution is -0.182. The second-order valence-corrected chi connectivity index (χ2v) is 5.89. The van der Waals surface area contributed by atoms with E-state index in [1.807, 2.05) is 19.1 Å². The second-order valence-electron chi connectivity index (χ2n) is 5.89. The van der Waals surface area contributed by atoms with E-state index in [2.05, 4.69) is 24.4 Å². The normalized spacial score (nSPS) is 25.4. The molecule has 0 aliphatic heterocycles. The van der Waals surface area contributed by atoms with Crippen molar-refractivity contribution in [1.82, 2.24) is 5.32 Å². The van der Waals surface area contributed by atoms with Gasteiger partial charge in [0.2, 0.25) is 0 Å². The summed E-state index contributed by atoms with van der Waals surface area (Å²) in [4.78, 5) is 0. The maximum atomic E-state index is 12.6. The molecular formula is C16H22F3N. The molecule has 1 saturated carbocycles. The van der Waals surface area contributed by atoms with Gasteiger partial charge in [0.1, 0.15) is 0 Å². The Balaban J connectivity index is 1.86. The van der Waals surface area contributed by atoms with Crippen molar-refractivity contribution in [2.45, 2.75) is 57.8 Å². The predicted molar refractivity (Wildman–Crippen MR) is 74.5 cm³/mol. The van der Waals surface area contributed by atoms with Crippen molar-refractivity contribution in [2.75, 3.05) is 0 Å². The SMILES string of the molecule is Cc1cccc([C@H](C)NC2CCC(C(F)(F)F)CC2)c1. The van der Waals surface area contributed by atoms with Crippen LogP contribution in [0.1, 0.15) is 49.8 Å². The summed E-state index contributed by atoms with van der Waals surface area (Å²) in [5.74, 6) is -1.10. The highest BCUT2D eigenvalue weighted by molar-refractivity contribution is 5.24. The first-order valence-electron chi connectivity index (χ1n) is 7.25. The number of halogens is 3. The number of benzene rings is 1. The highest BCUT2D eigenvalue weighted by Crippen LogP contribution is 2.37. The van der Waals surface area contributed by atoms with Crippen LogP contribution in [0.2, 0.25) is 0 Å². The quantitative estimate of drug-likeness (QED) is 0.843. The van der Waals surface area contributed by atoms with Gasteiger partial charge in [0.05, 0.1) is 5.92 Å². The molecule has 0 amide bonds. The number of rotatable bonds is 3. The van der Waals surface area contributed by atoms with Crippen molar-refractivity contribution in [2.24, 2.45) is 5.92 Å². The van der Waals surface area contributed by atoms with Crippen LogP contribution in [0.3, 0.4) is 0 Å². The second kappa shape index (κ2) is 6.17. The molecule has 0 unspecified atom stereocenters. The molecule has 2 rings (SSSR count). The Bertz CT molecular complexity index is 434. The number of alkyl halides is 3. The van der Waals surface area contributed by atoms with Gasteiger partial charge in [-0.25, -0.2) is 0 Å². The molecule has 1 aromatic carbocycles. The van der Waals surface area contributed by atoms with Crippen LogP contribution in [0, 0.1) is 12.8 Å². The van der Waals surface area contributed by atoms with Gasteiger partial charge in [0.15, 0.2) is 0 Å². The Morgan fingerprint density at radius 1 is 1.15 bits per heavy atom. The van der Waals surface area contributed by atoms with E-state index >= 15 is 0 Å². The van der Waals surface area contributed by atoms with E-state index in [0.717, 1.165) is 0 Å². The molecule has 0 saturated heterocycles. The Kier molecular flexibility index (Phi) is 4.74. The third-order valence-corrected chi connectivity index (χ3v) is 4.22. The highest BCUT2D eigenvalue weighted by Gasteiger charge is 2.41. The van der Waals surface area contributed by atoms with E-state index in [1.165, 1.54) is 11.1 Å². The van der Waals surface area contributed by atoms with Crippen LogP contribution in [-0.4, -0.2) is 12.2 Å². The Morgan fingerprint density at radius 2 is 1.80 bits per heavy atom. The van der Waals surface area contributed by atoms with Gasteiger partial charge < -0.3 is 5.32 Å². The molecule has 0 bridgehead atoms. The van der Waals surface area contributed by atoms with Crippen molar-refractivity contribution in [3.05, 3.63) is 35.4 Å². The summed E-state index contributed by atoms with van der Waals surface area (Å²) >= 11 is 0. The highest BCUT2D eigenvalue weighted by atomic mass is 19.4. The van der Waals surface area contributed by atoms with Crippen LogP contribution in [0.15, 0.2) is 24.3 Å². The summed E-state index contributed by atoms with van der Waals surface area (Å²) in [5, 5.41) is 3.47. The van der Waals surface area contributed by atoms with Crippen LogP contribution < -0.4 is 5.32 Å². The van der Waals surface area contributed by atoms with E-state index in [-0.39, 0.29) is 24.9 Å². The molecule has 1 N–H and O–H groups in total. The molecule has 1 atom stereocenters. The molecule has 1 aliphatic rings. The summed E-state index contributed by atoms with van der Waals surface area (Å²) in [6.45, 7) is 4.12. The van der Waals surface area contributed by atoms with E-state index in [9.17, 15) is 13.2 Å². The van der Waals surface area contributed by atoms with Gasteiger partial charge in [-0.3, -0.25) is 0 Å². The molecule has 1 aromatic rings. The Labute approximate surface area is 118 Å². The molecule has 112 valence electrons. The molecule has 0 radical (unpaired) electrons. The van der Waals surface area contributed by atoms with Gasteiger partial charge in [-0.2, -0.15) is 13.2 Å². The van der Waals surface area contributed by atoms with Crippen molar-refractivity contribution in [1.29, 1.82) is 0 Å². The molecule has 0 aromatic heterocycles.